The molecule has 0 rings (SSSR count). The number of carbonyl (C=O) groups is 1. The van der Waals surface area contributed by atoms with Gasteiger partial charge in [-0.05, 0) is 18.8 Å². The molecule has 0 aliphatic rings. The van der Waals surface area contributed by atoms with Crippen LogP contribution in [0.15, 0.2) is 0 Å². The Balaban J connectivity index is 3.94. The Morgan fingerprint density at radius 1 is 1.40 bits per heavy atom. The summed E-state index contributed by atoms with van der Waals surface area (Å²) in [5.74, 6) is 0.0679. The molecule has 0 aromatic rings. The minimum atomic E-state index is 0.00201. The highest BCUT2D eigenvalue weighted by molar-refractivity contribution is 5.76. The van der Waals surface area contributed by atoms with E-state index in [1.165, 1.54) is 0 Å². The van der Waals surface area contributed by atoms with Gasteiger partial charge in [-0.3, -0.25) is 4.79 Å². The highest BCUT2D eigenvalue weighted by Gasteiger charge is 2.22. The van der Waals surface area contributed by atoms with E-state index in [9.17, 15) is 4.79 Å². The summed E-state index contributed by atoms with van der Waals surface area (Å²) in [6, 6.07) is 0.181. The zero-order valence-corrected chi connectivity index (χ0v) is 10.8. The predicted molar refractivity (Wildman–Crippen MR) is 64.6 cm³/mol. The van der Waals surface area contributed by atoms with Crippen molar-refractivity contribution < 1.29 is 4.79 Å². The van der Waals surface area contributed by atoms with Crippen LogP contribution in [0.1, 0.15) is 53.9 Å². The number of carbonyl (C=O) groups excluding carboxylic acids is 1. The Kier molecular flexibility index (Phi) is 5.88. The summed E-state index contributed by atoms with van der Waals surface area (Å²) < 4.78 is 0. The molecule has 0 aliphatic heterocycles. The molecule has 0 aliphatic carbocycles. The fourth-order valence-electron chi connectivity index (χ4n) is 1.23. The normalized spacial score (nSPS) is 15.9. The Hall–Kier alpha value is -0.570. The molecule has 0 fully saturated rings. The molecule has 2 unspecified atom stereocenters. The molecule has 0 heterocycles. The van der Waals surface area contributed by atoms with E-state index in [0.29, 0.717) is 6.42 Å². The molecule has 90 valence electrons. The predicted octanol–water partition coefficient (Wildman–Crippen LogP) is 2.05. The fraction of sp³-hybridized carbons (Fsp3) is 0.917. The first-order chi connectivity index (χ1) is 6.77. The SMILES string of the molecule is CCCC(N)CC(=O)NC(C)C(C)(C)C. The van der Waals surface area contributed by atoms with Crippen molar-refractivity contribution in [3.63, 3.8) is 0 Å². The van der Waals surface area contributed by atoms with Crippen molar-refractivity contribution in [1.29, 1.82) is 0 Å². The largest absolute Gasteiger partial charge is 0.353 e. The second-order valence-corrected chi connectivity index (χ2v) is 5.41. The monoisotopic (exact) mass is 214 g/mol. The molecule has 0 radical (unpaired) electrons. The zero-order chi connectivity index (χ0) is 12.1. The second-order valence-electron chi connectivity index (χ2n) is 5.41. The summed E-state index contributed by atoms with van der Waals surface area (Å²) >= 11 is 0. The van der Waals surface area contributed by atoms with Crippen molar-refractivity contribution in [3.05, 3.63) is 0 Å². The van der Waals surface area contributed by atoms with Gasteiger partial charge in [-0.2, -0.15) is 0 Å². The van der Waals surface area contributed by atoms with Crippen LogP contribution in [0.4, 0.5) is 0 Å². The number of rotatable bonds is 5. The van der Waals surface area contributed by atoms with E-state index < -0.39 is 0 Å². The fourth-order valence-corrected chi connectivity index (χ4v) is 1.23. The van der Waals surface area contributed by atoms with E-state index in [2.05, 4.69) is 33.0 Å². The molecule has 0 saturated heterocycles. The van der Waals surface area contributed by atoms with Gasteiger partial charge >= 0.3 is 0 Å². The lowest BCUT2D eigenvalue weighted by Gasteiger charge is -2.28. The third kappa shape index (κ3) is 6.50. The summed E-state index contributed by atoms with van der Waals surface area (Å²) in [4.78, 5) is 11.6. The summed E-state index contributed by atoms with van der Waals surface area (Å²) in [6.45, 7) is 10.5. The standard InChI is InChI=1S/C12H26N2O/c1-6-7-10(13)8-11(15)14-9(2)12(3,4)5/h9-10H,6-8,13H2,1-5H3,(H,14,15). The minimum absolute atomic E-state index is 0.00201. The molecule has 3 heteroatoms. The Morgan fingerprint density at radius 2 is 1.93 bits per heavy atom. The lowest BCUT2D eigenvalue weighted by atomic mass is 9.88. The van der Waals surface area contributed by atoms with Crippen molar-refractivity contribution >= 4 is 5.91 Å². The van der Waals surface area contributed by atoms with Gasteiger partial charge < -0.3 is 11.1 Å². The average molecular weight is 214 g/mol. The van der Waals surface area contributed by atoms with E-state index in [-0.39, 0.29) is 23.4 Å². The Bertz CT molecular complexity index is 196. The molecular weight excluding hydrogens is 188 g/mol. The lowest BCUT2D eigenvalue weighted by Crippen LogP contribution is -2.43. The van der Waals surface area contributed by atoms with Crippen LogP contribution in [0.25, 0.3) is 0 Å². The molecule has 15 heavy (non-hydrogen) atoms. The van der Waals surface area contributed by atoms with E-state index in [1.807, 2.05) is 6.92 Å². The van der Waals surface area contributed by atoms with Gasteiger partial charge in [0.2, 0.25) is 5.91 Å². The number of nitrogens with two attached hydrogens (primary N) is 1. The van der Waals surface area contributed by atoms with Gasteiger partial charge in [0.25, 0.3) is 0 Å². The van der Waals surface area contributed by atoms with Gasteiger partial charge in [-0.15, -0.1) is 0 Å². The first kappa shape index (κ1) is 14.4. The Labute approximate surface area is 93.8 Å². The van der Waals surface area contributed by atoms with Crippen LogP contribution in [0, 0.1) is 5.41 Å². The average Bonchev–Trinajstić information content (AvgIpc) is 2.01. The third-order valence-corrected chi connectivity index (χ3v) is 2.78. The molecule has 0 spiro atoms. The van der Waals surface area contributed by atoms with Crippen LogP contribution >= 0.6 is 0 Å². The summed E-state index contributed by atoms with van der Waals surface area (Å²) in [5, 5.41) is 2.99. The maximum Gasteiger partial charge on any atom is 0.221 e. The van der Waals surface area contributed by atoms with Crippen LogP contribution in [-0.2, 0) is 4.79 Å². The highest BCUT2D eigenvalue weighted by Crippen LogP contribution is 2.18. The summed E-state index contributed by atoms with van der Waals surface area (Å²) in [6.07, 6.45) is 2.38. The molecule has 0 aromatic heterocycles. The van der Waals surface area contributed by atoms with Crippen molar-refractivity contribution in [2.75, 3.05) is 0 Å². The number of hydrogen-bond acceptors (Lipinski definition) is 2. The van der Waals surface area contributed by atoms with E-state index in [4.69, 9.17) is 5.73 Å². The lowest BCUT2D eigenvalue weighted by molar-refractivity contribution is -0.122. The van der Waals surface area contributed by atoms with Crippen LogP contribution in [0.5, 0.6) is 0 Å². The minimum Gasteiger partial charge on any atom is -0.353 e. The molecule has 2 atom stereocenters. The van der Waals surface area contributed by atoms with Crippen LogP contribution < -0.4 is 11.1 Å². The molecule has 0 saturated carbocycles. The quantitative estimate of drug-likeness (QED) is 0.736. The number of hydrogen-bond donors (Lipinski definition) is 2. The maximum absolute atomic E-state index is 11.6. The van der Waals surface area contributed by atoms with Crippen LogP contribution in [0.2, 0.25) is 0 Å². The van der Waals surface area contributed by atoms with Gasteiger partial charge in [0.1, 0.15) is 0 Å². The smallest absolute Gasteiger partial charge is 0.221 e. The third-order valence-electron chi connectivity index (χ3n) is 2.78. The van der Waals surface area contributed by atoms with Crippen LogP contribution in [-0.4, -0.2) is 18.0 Å². The summed E-state index contributed by atoms with van der Waals surface area (Å²) in [5.41, 5.74) is 5.91. The van der Waals surface area contributed by atoms with Crippen molar-refractivity contribution in [2.45, 2.75) is 66.0 Å². The van der Waals surface area contributed by atoms with Gasteiger partial charge in [0.15, 0.2) is 0 Å². The molecule has 0 aromatic carbocycles. The Morgan fingerprint density at radius 3 is 2.33 bits per heavy atom. The highest BCUT2D eigenvalue weighted by atomic mass is 16.1. The van der Waals surface area contributed by atoms with E-state index in [1.54, 1.807) is 0 Å². The molecule has 3 nitrogen and oxygen atoms in total. The second kappa shape index (κ2) is 6.11. The maximum atomic E-state index is 11.6. The van der Waals surface area contributed by atoms with Gasteiger partial charge in [0.05, 0.1) is 0 Å². The van der Waals surface area contributed by atoms with Gasteiger partial charge in [0, 0.05) is 18.5 Å². The van der Waals surface area contributed by atoms with Crippen molar-refractivity contribution in [1.82, 2.24) is 5.32 Å². The molecule has 1 amide bonds. The topological polar surface area (TPSA) is 55.1 Å². The first-order valence-electron chi connectivity index (χ1n) is 5.82. The van der Waals surface area contributed by atoms with Crippen molar-refractivity contribution in [3.8, 4) is 0 Å². The number of amides is 1. The van der Waals surface area contributed by atoms with E-state index >= 15 is 0 Å². The van der Waals surface area contributed by atoms with Crippen molar-refractivity contribution in [2.24, 2.45) is 11.1 Å². The first-order valence-corrected chi connectivity index (χ1v) is 5.82. The van der Waals surface area contributed by atoms with Crippen LogP contribution in [0.3, 0.4) is 0 Å². The molecule has 0 bridgehead atoms. The molecular formula is C12H26N2O. The number of nitrogens with one attached hydrogen (secondary N) is 1. The summed E-state index contributed by atoms with van der Waals surface area (Å²) in [7, 11) is 0. The van der Waals surface area contributed by atoms with E-state index in [0.717, 1.165) is 12.8 Å². The van der Waals surface area contributed by atoms with Gasteiger partial charge in [-0.25, -0.2) is 0 Å². The molecule has 3 N–H and O–H groups in total. The van der Waals surface area contributed by atoms with Gasteiger partial charge in [-0.1, -0.05) is 34.1 Å². The zero-order valence-electron chi connectivity index (χ0n) is 10.8.